The number of carbonyl (C=O) groups excluding carboxylic acids is 1. The molecule has 1 fully saturated rings. The van der Waals surface area contributed by atoms with E-state index >= 15 is 0 Å². The van der Waals surface area contributed by atoms with Crippen LogP contribution in [-0.2, 0) is 0 Å². The molecule has 1 amide bonds. The maximum Gasteiger partial charge on any atom is 0.257 e. The van der Waals surface area contributed by atoms with E-state index in [0.29, 0.717) is 16.6 Å². The van der Waals surface area contributed by atoms with Gasteiger partial charge in [0, 0.05) is 27.5 Å². The molecule has 0 aromatic heterocycles. The lowest BCUT2D eigenvalue weighted by molar-refractivity contribution is 0.102. The lowest BCUT2D eigenvalue weighted by atomic mass is 10.0. The number of anilines is 2. The summed E-state index contributed by atoms with van der Waals surface area (Å²) < 4.78 is 0.983. The van der Waals surface area contributed by atoms with Crippen LogP contribution in [0.1, 0.15) is 36.5 Å². The monoisotopic (exact) mass is 454 g/mol. The maximum absolute atomic E-state index is 12.4. The van der Waals surface area contributed by atoms with Crippen molar-refractivity contribution < 1.29 is 4.79 Å². The van der Waals surface area contributed by atoms with Crippen molar-refractivity contribution >= 4 is 51.5 Å². The van der Waals surface area contributed by atoms with Crippen molar-refractivity contribution in [3.8, 4) is 0 Å². The second kappa shape index (κ2) is 7.74. The van der Waals surface area contributed by atoms with E-state index in [1.54, 1.807) is 12.1 Å². The maximum atomic E-state index is 12.4. The molecule has 0 radical (unpaired) electrons. The molecule has 126 valence electrons. The van der Waals surface area contributed by atoms with Gasteiger partial charge in [0.2, 0.25) is 0 Å². The van der Waals surface area contributed by atoms with E-state index in [9.17, 15) is 4.79 Å². The van der Waals surface area contributed by atoms with Crippen molar-refractivity contribution in [1.29, 1.82) is 0 Å². The highest BCUT2D eigenvalue weighted by Crippen LogP contribution is 2.26. The van der Waals surface area contributed by atoms with Crippen molar-refractivity contribution in [2.24, 2.45) is 0 Å². The molecule has 3 nitrogen and oxygen atoms in total. The van der Waals surface area contributed by atoms with E-state index in [1.807, 2.05) is 18.2 Å². The summed E-state index contributed by atoms with van der Waals surface area (Å²) in [6.07, 6.45) is 3.79. The van der Waals surface area contributed by atoms with Crippen molar-refractivity contribution in [3.05, 3.63) is 56.6 Å². The van der Waals surface area contributed by atoms with Crippen molar-refractivity contribution in [2.75, 3.05) is 16.8 Å². The second-order valence-electron chi connectivity index (χ2n) is 6.16. The van der Waals surface area contributed by atoms with Crippen LogP contribution in [0.5, 0.6) is 0 Å². The highest BCUT2D eigenvalue weighted by molar-refractivity contribution is 14.1. The molecule has 1 heterocycles. The lowest BCUT2D eigenvalue weighted by Gasteiger charge is -2.35. The summed E-state index contributed by atoms with van der Waals surface area (Å²) in [6.45, 7) is 3.37. The Bertz CT molecular complexity index is 733. The molecule has 1 aliphatic heterocycles. The summed E-state index contributed by atoms with van der Waals surface area (Å²) in [5.41, 5.74) is 2.49. The molecule has 0 bridgehead atoms. The Morgan fingerprint density at radius 2 is 1.96 bits per heavy atom. The number of nitrogens with one attached hydrogen (secondary N) is 1. The third-order valence-electron chi connectivity index (χ3n) is 4.43. The summed E-state index contributed by atoms with van der Waals surface area (Å²) in [6, 6.07) is 14.1. The molecule has 1 saturated heterocycles. The van der Waals surface area contributed by atoms with E-state index in [4.69, 9.17) is 11.6 Å². The fourth-order valence-corrected chi connectivity index (χ4v) is 3.78. The SMILES string of the molecule is C[C@H]1CCCCN1c1ccc(NC(=O)c2cc(I)ccc2Cl)cc1. The Balaban J connectivity index is 1.72. The Morgan fingerprint density at radius 3 is 2.67 bits per heavy atom. The average Bonchev–Trinajstić information content (AvgIpc) is 2.58. The van der Waals surface area contributed by atoms with Crippen LogP contribution < -0.4 is 10.2 Å². The summed E-state index contributed by atoms with van der Waals surface area (Å²) >= 11 is 8.30. The van der Waals surface area contributed by atoms with Crippen LogP contribution in [0.25, 0.3) is 0 Å². The number of benzene rings is 2. The van der Waals surface area contributed by atoms with Crippen LogP contribution in [0.15, 0.2) is 42.5 Å². The summed E-state index contributed by atoms with van der Waals surface area (Å²) in [7, 11) is 0. The molecular weight excluding hydrogens is 435 g/mol. The molecule has 24 heavy (non-hydrogen) atoms. The van der Waals surface area contributed by atoms with E-state index in [1.165, 1.54) is 24.9 Å². The molecule has 1 N–H and O–H groups in total. The molecule has 1 atom stereocenters. The molecule has 0 spiro atoms. The summed E-state index contributed by atoms with van der Waals surface area (Å²) in [5, 5.41) is 3.39. The van der Waals surface area contributed by atoms with Gasteiger partial charge in [-0.15, -0.1) is 0 Å². The molecule has 0 saturated carbocycles. The van der Waals surface area contributed by atoms with E-state index in [-0.39, 0.29) is 5.91 Å². The number of hydrogen-bond acceptors (Lipinski definition) is 2. The number of carbonyl (C=O) groups is 1. The van der Waals surface area contributed by atoms with Crippen LogP contribution >= 0.6 is 34.2 Å². The first kappa shape index (κ1) is 17.5. The minimum absolute atomic E-state index is 0.183. The number of halogens is 2. The van der Waals surface area contributed by atoms with Crippen LogP contribution in [-0.4, -0.2) is 18.5 Å². The zero-order chi connectivity index (χ0) is 17.1. The minimum atomic E-state index is -0.183. The zero-order valence-corrected chi connectivity index (χ0v) is 16.5. The third-order valence-corrected chi connectivity index (χ3v) is 5.43. The standard InChI is InChI=1S/C19H20ClIN2O/c1-13-4-2-3-11-23(13)16-8-6-15(7-9-16)22-19(24)17-12-14(21)5-10-18(17)20/h5-10,12-13H,2-4,11H2,1H3,(H,22,24)/t13-/m0/s1. The van der Waals surface area contributed by atoms with Gasteiger partial charge >= 0.3 is 0 Å². The molecule has 0 unspecified atom stereocenters. The van der Waals surface area contributed by atoms with Gasteiger partial charge in [-0.3, -0.25) is 4.79 Å². The predicted octanol–water partition coefficient (Wildman–Crippen LogP) is 5.58. The zero-order valence-electron chi connectivity index (χ0n) is 13.6. The largest absolute Gasteiger partial charge is 0.369 e. The Hall–Kier alpha value is -1.27. The molecule has 2 aromatic carbocycles. The van der Waals surface area contributed by atoms with Gasteiger partial charge in [0.1, 0.15) is 0 Å². The van der Waals surface area contributed by atoms with Gasteiger partial charge in [-0.05, 0) is 91.2 Å². The van der Waals surface area contributed by atoms with Gasteiger partial charge < -0.3 is 10.2 Å². The van der Waals surface area contributed by atoms with Gasteiger partial charge in [-0.25, -0.2) is 0 Å². The number of rotatable bonds is 3. The molecule has 2 aromatic rings. The molecule has 0 aliphatic carbocycles. The summed E-state index contributed by atoms with van der Waals surface area (Å²) in [5.74, 6) is -0.183. The number of nitrogens with zero attached hydrogens (tertiary/aromatic N) is 1. The van der Waals surface area contributed by atoms with Gasteiger partial charge in [-0.1, -0.05) is 11.6 Å². The normalized spacial score (nSPS) is 17.6. The Morgan fingerprint density at radius 1 is 1.21 bits per heavy atom. The number of piperidine rings is 1. The van der Waals surface area contributed by atoms with Crippen LogP contribution in [0.3, 0.4) is 0 Å². The molecular formula is C19H20ClIN2O. The van der Waals surface area contributed by atoms with E-state index in [0.717, 1.165) is 15.8 Å². The van der Waals surface area contributed by atoms with Crippen molar-refractivity contribution in [2.45, 2.75) is 32.2 Å². The highest BCUT2D eigenvalue weighted by Gasteiger charge is 2.18. The van der Waals surface area contributed by atoms with Crippen molar-refractivity contribution in [1.82, 2.24) is 0 Å². The Labute approximate surface area is 161 Å². The predicted molar refractivity (Wildman–Crippen MR) is 109 cm³/mol. The number of hydrogen-bond donors (Lipinski definition) is 1. The van der Waals surface area contributed by atoms with Gasteiger partial charge in [0.05, 0.1) is 10.6 Å². The first-order valence-corrected chi connectivity index (χ1v) is 9.63. The minimum Gasteiger partial charge on any atom is -0.369 e. The number of amides is 1. The van der Waals surface area contributed by atoms with Crippen molar-refractivity contribution in [3.63, 3.8) is 0 Å². The van der Waals surface area contributed by atoms with E-state index < -0.39 is 0 Å². The fourth-order valence-electron chi connectivity index (χ4n) is 3.09. The molecule has 1 aliphatic rings. The molecule has 3 rings (SSSR count). The third kappa shape index (κ3) is 4.03. The quantitative estimate of drug-likeness (QED) is 0.615. The first-order chi connectivity index (χ1) is 11.5. The average molecular weight is 455 g/mol. The smallest absolute Gasteiger partial charge is 0.257 e. The lowest BCUT2D eigenvalue weighted by Crippen LogP contribution is -2.37. The van der Waals surface area contributed by atoms with E-state index in [2.05, 4.69) is 51.9 Å². The van der Waals surface area contributed by atoms with Crippen LogP contribution in [0, 0.1) is 3.57 Å². The highest BCUT2D eigenvalue weighted by atomic mass is 127. The topological polar surface area (TPSA) is 32.3 Å². The van der Waals surface area contributed by atoms with Gasteiger partial charge in [-0.2, -0.15) is 0 Å². The van der Waals surface area contributed by atoms with Crippen LogP contribution in [0.2, 0.25) is 5.02 Å². The first-order valence-electron chi connectivity index (χ1n) is 8.18. The van der Waals surface area contributed by atoms with Crippen LogP contribution in [0.4, 0.5) is 11.4 Å². The second-order valence-corrected chi connectivity index (χ2v) is 7.82. The molecule has 5 heteroatoms. The fraction of sp³-hybridized carbons (Fsp3) is 0.316. The van der Waals surface area contributed by atoms with Gasteiger partial charge in [0.15, 0.2) is 0 Å². The Kier molecular flexibility index (Phi) is 5.66. The summed E-state index contributed by atoms with van der Waals surface area (Å²) in [4.78, 5) is 14.9. The van der Waals surface area contributed by atoms with Gasteiger partial charge in [0.25, 0.3) is 5.91 Å².